The van der Waals surface area contributed by atoms with Gasteiger partial charge in [0.2, 0.25) is 0 Å². The maximum atomic E-state index is 6.11. The monoisotopic (exact) mass is 392 g/mol. The number of nitrogens with zero attached hydrogens (tertiary/aromatic N) is 1. The van der Waals surface area contributed by atoms with E-state index in [1.165, 1.54) is 61.0 Å². The summed E-state index contributed by atoms with van der Waals surface area (Å²) in [6, 6.07) is 15.6. The second-order valence-corrected chi connectivity index (χ2v) is 8.82. The molecule has 0 unspecified atom stereocenters. The number of hydrogen-bond donors (Lipinski definition) is 1. The van der Waals surface area contributed by atoms with Crippen molar-refractivity contribution in [2.45, 2.75) is 52.0 Å². The maximum absolute atomic E-state index is 6.11. The summed E-state index contributed by atoms with van der Waals surface area (Å²) in [5, 5.41) is 3.45. The fourth-order valence-electron chi connectivity index (χ4n) is 4.76. The van der Waals surface area contributed by atoms with E-state index >= 15 is 0 Å². The largest absolute Gasteiger partial charge is 0.494 e. The van der Waals surface area contributed by atoms with Crippen molar-refractivity contribution in [1.82, 2.24) is 10.2 Å². The molecule has 3 heteroatoms. The first-order chi connectivity index (χ1) is 14.3. The minimum absolute atomic E-state index is 0.849. The van der Waals surface area contributed by atoms with Crippen LogP contribution in [-0.4, -0.2) is 37.7 Å². The highest BCUT2D eigenvalue weighted by Crippen LogP contribution is 2.24. The molecule has 0 spiro atoms. The number of rotatable bonds is 7. The summed E-state index contributed by atoms with van der Waals surface area (Å²) in [7, 11) is 0. The average molecular weight is 393 g/mol. The van der Waals surface area contributed by atoms with Crippen molar-refractivity contribution >= 4 is 0 Å². The fourth-order valence-corrected chi connectivity index (χ4v) is 4.76. The number of fused-ring (bicyclic) bond motifs is 1. The first kappa shape index (κ1) is 20.4. The topological polar surface area (TPSA) is 24.5 Å². The molecule has 4 rings (SSSR count). The molecule has 0 aliphatic carbocycles. The molecule has 2 aromatic rings. The molecule has 156 valence electrons. The van der Waals surface area contributed by atoms with Crippen LogP contribution in [-0.2, 0) is 19.4 Å². The number of benzene rings is 2. The number of ether oxygens (including phenoxy) is 1. The minimum Gasteiger partial charge on any atom is -0.494 e. The molecule has 1 N–H and O–H groups in total. The third-order valence-corrected chi connectivity index (χ3v) is 6.71. The Morgan fingerprint density at radius 1 is 1.00 bits per heavy atom. The van der Waals surface area contributed by atoms with Crippen LogP contribution in [0.5, 0.6) is 5.75 Å². The van der Waals surface area contributed by atoms with Gasteiger partial charge < -0.3 is 10.1 Å². The van der Waals surface area contributed by atoms with Crippen molar-refractivity contribution in [1.29, 1.82) is 0 Å². The van der Waals surface area contributed by atoms with Crippen molar-refractivity contribution in [3.05, 3.63) is 64.7 Å². The van der Waals surface area contributed by atoms with Gasteiger partial charge in [0.1, 0.15) is 5.75 Å². The predicted molar refractivity (Wildman–Crippen MR) is 121 cm³/mol. The number of hydrogen-bond acceptors (Lipinski definition) is 3. The van der Waals surface area contributed by atoms with Gasteiger partial charge in [0, 0.05) is 19.6 Å². The van der Waals surface area contributed by atoms with Gasteiger partial charge in [-0.15, -0.1) is 0 Å². The van der Waals surface area contributed by atoms with Crippen LogP contribution in [0.25, 0.3) is 0 Å². The molecule has 2 heterocycles. The molecule has 0 radical (unpaired) electrons. The van der Waals surface area contributed by atoms with Gasteiger partial charge in [-0.25, -0.2) is 0 Å². The lowest BCUT2D eigenvalue weighted by atomic mass is 9.93. The fraction of sp³-hybridized carbons (Fsp3) is 0.538. The van der Waals surface area contributed by atoms with Crippen molar-refractivity contribution < 1.29 is 4.74 Å². The molecule has 0 atom stereocenters. The Balaban J connectivity index is 1.26. The zero-order valence-electron chi connectivity index (χ0n) is 18.0. The Labute approximate surface area is 176 Å². The number of piperidine rings is 1. The standard InChI is InChI=1S/C26H36N2O/c1-21-5-2-3-7-25(21)20-28-16-12-23-8-9-26(19-24(23)13-17-28)29-18-4-6-22-10-14-27-15-11-22/h2-3,5,7-9,19,22,27H,4,6,10-18,20H2,1H3. The van der Waals surface area contributed by atoms with Gasteiger partial charge in [-0.2, -0.15) is 0 Å². The third-order valence-electron chi connectivity index (χ3n) is 6.71. The Bertz CT molecular complexity index is 782. The molecule has 2 aliphatic rings. The molecule has 0 saturated carbocycles. The summed E-state index contributed by atoms with van der Waals surface area (Å²) in [5.74, 6) is 1.95. The highest BCUT2D eigenvalue weighted by molar-refractivity contribution is 5.37. The van der Waals surface area contributed by atoms with E-state index in [9.17, 15) is 0 Å². The van der Waals surface area contributed by atoms with E-state index in [0.717, 1.165) is 50.8 Å². The molecule has 1 saturated heterocycles. The van der Waals surface area contributed by atoms with Crippen molar-refractivity contribution in [2.75, 3.05) is 32.8 Å². The first-order valence-electron chi connectivity index (χ1n) is 11.5. The Morgan fingerprint density at radius 3 is 2.62 bits per heavy atom. The smallest absolute Gasteiger partial charge is 0.119 e. The van der Waals surface area contributed by atoms with Crippen LogP contribution in [0, 0.1) is 12.8 Å². The second kappa shape index (κ2) is 10.3. The number of aryl methyl sites for hydroxylation is 1. The summed E-state index contributed by atoms with van der Waals surface area (Å²) in [4.78, 5) is 2.60. The van der Waals surface area contributed by atoms with E-state index in [4.69, 9.17) is 4.74 Å². The van der Waals surface area contributed by atoms with E-state index in [1.807, 2.05) is 0 Å². The molecule has 0 amide bonds. The van der Waals surface area contributed by atoms with Gasteiger partial charge >= 0.3 is 0 Å². The normalized spacial score (nSPS) is 18.2. The molecular weight excluding hydrogens is 356 g/mol. The van der Waals surface area contributed by atoms with E-state index in [2.05, 4.69) is 59.6 Å². The maximum Gasteiger partial charge on any atom is 0.119 e. The zero-order chi connectivity index (χ0) is 19.9. The summed E-state index contributed by atoms with van der Waals surface area (Å²) in [6.45, 7) is 8.77. The van der Waals surface area contributed by atoms with Gasteiger partial charge in [0.05, 0.1) is 6.61 Å². The van der Waals surface area contributed by atoms with Crippen LogP contribution in [0.1, 0.15) is 47.9 Å². The Morgan fingerprint density at radius 2 is 1.79 bits per heavy atom. The second-order valence-electron chi connectivity index (χ2n) is 8.82. The van der Waals surface area contributed by atoms with Crippen LogP contribution in [0.3, 0.4) is 0 Å². The van der Waals surface area contributed by atoms with Crippen LogP contribution in [0.4, 0.5) is 0 Å². The van der Waals surface area contributed by atoms with Crippen molar-refractivity contribution in [2.24, 2.45) is 5.92 Å². The summed E-state index contributed by atoms with van der Waals surface area (Å²) in [5.41, 5.74) is 5.83. The molecular formula is C26H36N2O. The summed E-state index contributed by atoms with van der Waals surface area (Å²) < 4.78 is 6.11. The van der Waals surface area contributed by atoms with Crippen LogP contribution in [0.15, 0.2) is 42.5 Å². The minimum atomic E-state index is 0.849. The first-order valence-corrected chi connectivity index (χ1v) is 11.5. The van der Waals surface area contributed by atoms with Gasteiger partial charge in [-0.3, -0.25) is 4.90 Å². The van der Waals surface area contributed by atoms with Crippen LogP contribution < -0.4 is 10.1 Å². The average Bonchev–Trinajstić information content (AvgIpc) is 2.96. The molecule has 1 fully saturated rings. The van der Waals surface area contributed by atoms with Gasteiger partial charge in [-0.1, -0.05) is 30.3 Å². The van der Waals surface area contributed by atoms with Crippen molar-refractivity contribution in [3.8, 4) is 5.75 Å². The highest BCUT2D eigenvalue weighted by atomic mass is 16.5. The lowest BCUT2D eigenvalue weighted by Crippen LogP contribution is -2.27. The third kappa shape index (κ3) is 5.83. The summed E-state index contributed by atoms with van der Waals surface area (Å²) in [6.07, 6.45) is 7.40. The molecule has 3 nitrogen and oxygen atoms in total. The molecule has 2 aromatic carbocycles. The van der Waals surface area contributed by atoms with Gasteiger partial charge in [0.25, 0.3) is 0 Å². The van der Waals surface area contributed by atoms with E-state index < -0.39 is 0 Å². The van der Waals surface area contributed by atoms with Crippen molar-refractivity contribution in [3.63, 3.8) is 0 Å². The molecule has 0 aromatic heterocycles. The molecule has 0 bridgehead atoms. The Hall–Kier alpha value is -1.84. The van der Waals surface area contributed by atoms with Crippen LogP contribution in [0.2, 0.25) is 0 Å². The van der Waals surface area contributed by atoms with E-state index in [-0.39, 0.29) is 0 Å². The van der Waals surface area contributed by atoms with E-state index in [0.29, 0.717) is 0 Å². The highest BCUT2D eigenvalue weighted by Gasteiger charge is 2.16. The zero-order valence-corrected chi connectivity index (χ0v) is 18.0. The Kier molecular flexibility index (Phi) is 7.23. The number of nitrogens with one attached hydrogen (secondary N) is 1. The van der Waals surface area contributed by atoms with Crippen LogP contribution >= 0.6 is 0 Å². The summed E-state index contributed by atoms with van der Waals surface area (Å²) >= 11 is 0. The molecule has 29 heavy (non-hydrogen) atoms. The lowest BCUT2D eigenvalue weighted by molar-refractivity contribution is 0.273. The SMILES string of the molecule is Cc1ccccc1CN1CCc2ccc(OCCCC3CCNCC3)cc2CC1. The lowest BCUT2D eigenvalue weighted by Gasteiger charge is -2.22. The predicted octanol–water partition coefficient (Wildman–Crippen LogP) is 4.75. The van der Waals surface area contributed by atoms with Gasteiger partial charge in [-0.05, 0) is 98.8 Å². The van der Waals surface area contributed by atoms with Gasteiger partial charge in [0.15, 0.2) is 0 Å². The van der Waals surface area contributed by atoms with E-state index in [1.54, 1.807) is 0 Å². The quantitative estimate of drug-likeness (QED) is 0.688. The molecule has 2 aliphatic heterocycles.